The van der Waals surface area contributed by atoms with Gasteiger partial charge in [-0.3, -0.25) is 0 Å². The van der Waals surface area contributed by atoms with E-state index in [0.717, 1.165) is 25.7 Å². The first-order chi connectivity index (χ1) is 30.6. The molecule has 4 aromatic rings. The minimum absolute atomic E-state index is 0.139. The van der Waals surface area contributed by atoms with E-state index in [1.807, 2.05) is 27.7 Å². The lowest BCUT2D eigenvalue weighted by Crippen LogP contribution is -2.42. The number of hydrogen-bond acceptors (Lipinski definition) is 10. The number of sulfone groups is 2. The van der Waals surface area contributed by atoms with Gasteiger partial charge in [-0.1, -0.05) is 77.6 Å². The van der Waals surface area contributed by atoms with E-state index in [4.69, 9.17) is 18.9 Å². The predicted octanol–water partition coefficient (Wildman–Crippen LogP) is 9.19. The summed E-state index contributed by atoms with van der Waals surface area (Å²) in [4.78, 5) is 0.288. The highest BCUT2D eigenvalue weighted by molar-refractivity contribution is 7.91. The first kappa shape index (κ1) is 49.5. The Kier molecular flexibility index (Phi) is 16.7. The zero-order valence-electron chi connectivity index (χ0n) is 37.4. The van der Waals surface area contributed by atoms with Crippen LogP contribution in [0.2, 0.25) is 0 Å². The van der Waals surface area contributed by atoms with Gasteiger partial charge in [-0.25, -0.2) is 25.6 Å². The van der Waals surface area contributed by atoms with Gasteiger partial charge in [0.05, 0.1) is 46.7 Å². The summed E-state index contributed by atoms with van der Waals surface area (Å²) in [7, 11) is -7.56. The van der Waals surface area contributed by atoms with Gasteiger partial charge < -0.3 is 29.2 Å². The van der Waals surface area contributed by atoms with Gasteiger partial charge in [-0.15, -0.1) is 0 Å². The van der Waals surface area contributed by atoms with Crippen LogP contribution in [-0.4, -0.2) is 90.4 Å². The Bertz CT molecular complexity index is 2380. The SMILES string of the molecule is CCCC[C@]1(C)CS(=O)(=O)c2ccc(OCCOCCCOCCOc3ccc4c(c3)[C@@H](c3ccc(F)cc3)[C@@H](O)[C@](CC)(CCCC)CS4(=O)=O)cc2[C@@H](c2ccc(F)cc2)[C@@H]1O. The quantitative estimate of drug-likeness (QED) is 0.0776. The highest BCUT2D eigenvalue weighted by Crippen LogP contribution is 2.50. The van der Waals surface area contributed by atoms with Gasteiger partial charge in [0.25, 0.3) is 0 Å². The van der Waals surface area contributed by atoms with Crippen LogP contribution >= 0.6 is 0 Å². The second kappa shape index (κ2) is 21.6. The minimum atomic E-state index is -3.79. The molecule has 64 heavy (non-hydrogen) atoms. The second-order valence-corrected chi connectivity index (χ2v) is 21.6. The van der Waals surface area contributed by atoms with E-state index >= 15 is 0 Å². The molecular weight excluding hydrogens is 863 g/mol. The van der Waals surface area contributed by atoms with Crippen molar-refractivity contribution in [1.29, 1.82) is 0 Å². The van der Waals surface area contributed by atoms with E-state index in [2.05, 4.69) is 0 Å². The summed E-state index contributed by atoms with van der Waals surface area (Å²) >= 11 is 0. The molecule has 2 aliphatic heterocycles. The van der Waals surface area contributed by atoms with Crippen LogP contribution in [0, 0.1) is 22.5 Å². The fraction of sp³-hybridized carbons (Fsp3) is 0.520. The number of halogens is 2. The topological polar surface area (TPSA) is 146 Å². The standard InChI is InChI=1S/C50H64F2O10S2/c1-5-8-23-49(4)33-63(55,56)43-21-19-39(31-41(43)45(47(49)53)35-11-15-37(51)16-12-35)61-29-27-59-25-10-26-60-28-30-62-40-20-22-44-42(32-40)46(36-13-17-38(52)18-14-36)48(54)50(7-3,24-9-6-2)34-64(44,57)58/h11-22,31-32,45-48,53-54H,5-10,23-30,33-34H2,1-4H3/t45-,46-,47+,48-,49-,50-/m1/s1. The fourth-order valence-electron chi connectivity index (χ4n) is 9.53. The summed E-state index contributed by atoms with van der Waals surface area (Å²) in [6, 6.07) is 21.4. The average Bonchev–Trinajstić information content (AvgIpc) is 3.38. The molecule has 6 atom stereocenters. The molecule has 10 nitrogen and oxygen atoms in total. The number of ether oxygens (including phenoxy) is 4. The summed E-state index contributed by atoms with van der Waals surface area (Å²) in [5, 5.41) is 24.0. The second-order valence-electron chi connectivity index (χ2n) is 17.7. The normalized spacial score (nSPS) is 24.8. The zero-order chi connectivity index (χ0) is 46.1. The lowest BCUT2D eigenvalue weighted by molar-refractivity contribution is 0.0173. The number of fused-ring (bicyclic) bond motifs is 2. The smallest absolute Gasteiger partial charge is 0.179 e. The van der Waals surface area contributed by atoms with Gasteiger partial charge >= 0.3 is 0 Å². The van der Waals surface area contributed by atoms with Gasteiger partial charge in [-0.05, 0) is 109 Å². The third kappa shape index (κ3) is 11.4. The summed E-state index contributed by atoms with van der Waals surface area (Å²) in [5.41, 5.74) is 0.290. The van der Waals surface area contributed by atoms with Crippen LogP contribution < -0.4 is 9.47 Å². The molecule has 2 N–H and O–H groups in total. The molecule has 14 heteroatoms. The molecule has 0 spiro atoms. The van der Waals surface area contributed by atoms with Crippen LogP contribution in [0.4, 0.5) is 8.78 Å². The van der Waals surface area contributed by atoms with E-state index in [-0.39, 0.29) is 47.7 Å². The monoisotopic (exact) mass is 926 g/mol. The summed E-state index contributed by atoms with van der Waals surface area (Å²) in [5.74, 6) is -1.79. The average molecular weight is 927 g/mol. The third-order valence-electron chi connectivity index (χ3n) is 13.1. The van der Waals surface area contributed by atoms with E-state index in [1.165, 1.54) is 30.3 Å². The highest BCUT2D eigenvalue weighted by atomic mass is 32.2. The van der Waals surface area contributed by atoms with Gasteiger partial charge in [0.1, 0.15) is 36.3 Å². The number of benzene rings is 4. The summed E-state index contributed by atoms with van der Waals surface area (Å²) in [6.07, 6.45) is 3.28. The van der Waals surface area contributed by atoms with Crippen LogP contribution in [0.1, 0.15) is 113 Å². The first-order valence-corrected chi connectivity index (χ1v) is 25.9. The predicted molar refractivity (Wildman–Crippen MR) is 243 cm³/mol. The number of aliphatic hydroxyl groups is 2. The molecule has 350 valence electrons. The van der Waals surface area contributed by atoms with Crippen molar-refractivity contribution in [1.82, 2.24) is 0 Å². The van der Waals surface area contributed by atoms with E-state index in [9.17, 15) is 35.8 Å². The van der Waals surface area contributed by atoms with Crippen LogP contribution in [0.25, 0.3) is 0 Å². The Morgan fingerprint density at radius 3 is 1.50 bits per heavy atom. The van der Waals surface area contributed by atoms with Crippen molar-refractivity contribution in [3.05, 3.63) is 119 Å². The summed E-state index contributed by atoms with van der Waals surface area (Å²) in [6.45, 7) is 9.49. The molecule has 4 aromatic carbocycles. The third-order valence-corrected chi connectivity index (χ3v) is 17.2. The number of rotatable bonds is 21. The van der Waals surface area contributed by atoms with E-state index in [1.54, 1.807) is 54.6 Å². The van der Waals surface area contributed by atoms with Crippen molar-refractivity contribution in [3.63, 3.8) is 0 Å². The molecule has 0 bridgehead atoms. The Morgan fingerprint density at radius 1 is 0.578 bits per heavy atom. The van der Waals surface area contributed by atoms with Gasteiger partial charge in [0.15, 0.2) is 19.7 Å². The van der Waals surface area contributed by atoms with Crippen LogP contribution in [0.15, 0.2) is 94.7 Å². The molecule has 0 fully saturated rings. The van der Waals surface area contributed by atoms with Crippen molar-refractivity contribution < 1.29 is 54.8 Å². The molecule has 0 radical (unpaired) electrons. The first-order valence-electron chi connectivity index (χ1n) is 22.6. The highest BCUT2D eigenvalue weighted by Gasteiger charge is 2.50. The zero-order valence-corrected chi connectivity index (χ0v) is 39.1. The Balaban J connectivity index is 1.00. The molecule has 0 aromatic heterocycles. The lowest BCUT2D eigenvalue weighted by Gasteiger charge is -2.39. The molecule has 0 aliphatic carbocycles. The molecular formula is C50H64F2O10S2. The number of unbranched alkanes of at least 4 members (excludes halogenated alkanes) is 2. The van der Waals surface area contributed by atoms with Crippen LogP contribution in [0.3, 0.4) is 0 Å². The Hall–Kier alpha value is -3.92. The molecule has 0 saturated heterocycles. The molecule has 0 amide bonds. The van der Waals surface area contributed by atoms with Crippen molar-refractivity contribution >= 4 is 19.7 Å². The maximum atomic E-state index is 14.0. The largest absolute Gasteiger partial charge is 0.491 e. The van der Waals surface area contributed by atoms with Crippen molar-refractivity contribution in [2.75, 3.05) is 51.1 Å². The molecule has 0 saturated carbocycles. The number of aliphatic hydroxyl groups excluding tert-OH is 2. The Morgan fingerprint density at radius 2 is 1.03 bits per heavy atom. The molecule has 2 aliphatic rings. The minimum Gasteiger partial charge on any atom is -0.491 e. The van der Waals surface area contributed by atoms with Crippen molar-refractivity contribution in [3.8, 4) is 11.5 Å². The lowest BCUT2D eigenvalue weighted by atomic mass is 9.69. The maximum Gasteiger partial charge on any atom is 0.179 e. The van der Waals surface area contributed by atoms with Gasteiger partial charge in [0.2, 0.25) is 0 Å². The van der Waals surface area contributed by atoms with Crippen molar-refractivity contribution in [2.24, 2.45) is 10.8 Å². The molecule has 6 rings (SSSR count). The van der Waals surface area contributed by atoms with Gasteiger partial charge in [-0.2, -0.15) is 0 Å². The molecule has 0 unspecified atom stereocenters. The van der Waals surface area contributed by atoms with E-state index in [0.29, 0.717) is 72.6 Å². The van der Waals surface area contributed by atoms with Crippen LogP contribution in [-0.2, 0) is 29.1 Å². The maximum absolute atomic E-state index is 14.0. The number of hydrogen-bond donors (Lipinski definition) is 2. The van der Waals surface area contributed by atoms with Crippen molar-refractivity contribution in [2.45, 2.75) is 113 Å². The van der Waals surface area contributed by atoms with Gasteiger partial charge in [0, 0.05) is 35.9 Å². The molecule has 2 heterocycles. The Labute approximate surface area is 378 Å². The summed E-state index contributed by atoms with van der Waals surface area (Å²) < 4.78 is 107. The van der Waals surface area contributed by atoms with Crippen LogP contribution in [0.5, 0.6) is 11.5 Å². The van der Waals surface area contributed by atoms with E-state index < -0.39 is 66.2 Å². The fourth-order valence-corrected chi connectivity index (χ4v) is 13.9.